The molecule has 0 aliphatic heterocycles. The van der Waals surface area contributed by atoms with E-state index in [0.29, 0.717) is 21.9 Å². The van der Waals surface area contributed by atoms with Crippen molar-refractivity contribution in [3.05, 3.63) is 58.8 Å². The predicted octanol–water partition coefficient (Wildman–Crippen LogP) is 2.40. The molecule has 2 aromatic heterocycles. The van der Waals surface area contributed by atoms with Crippen LogP contribution in [0.4, 0.5) is 10.8 Å². The highest BCUT2D eigenvalue weighted by molar-refractivity contribution is 7.13. The highest BCUT2D eigenvalue weighted by Crippen LogP contribution is 2.21. The van der Waals surface area contributed by atoms with Crippen molar-refractivity contribution in [3.8, 4) is 0 Å². The number of oxazole rings is 1. The van der Waals surface area contributed by atoms with Crippen molar-refractivity contribution < 1.29 is 14.0 Å². The van der Waals surface area contributed by atoms with Crippen LogP contribution in [-0.2, 0) is 6.54 Å². The number of anilines is 2. The molecule has 0 radical (unpaired) electrons. The van der Waals surface area contributed by atoms with Gasteiger partial charge in [0.2, 0.25) is 5.89 Å². The number of carbonyl (C=O) groups excluding carboxylic acids is 2. The molecule has 0 fully saturated rings. The summed E-state index contributed by atoms with van der Waals surface area (Å²) in [5.74, 6) is -0.460. The van der Waals surface area contributed by atoms with E-state index in [4.69, 9.17) is 10.2 Å². The van der Waals surface area contributed by atoms with Crippen LogP contribution in [-0.4, -0.2) is 21.8 Å². The van der Waals surface area contributed by atoms with Gasteiger partial charge in [0.15, 0.2) is 10.8 Å². The van der Waals surface area contributed by atoms with Gasteiger partial charge in [-0.1, -0.05) is 6.07 Å². The molecular weight excluding hydrogens is 342 g/mol. The van der Waals surface area contributed by atoms with E-state index in [-0.39, 0.29) is 24.0 Å². The van der Waals surface area contributed by atoms with E-state index in [2.05, 4.69) is 20.6 Å². The number of hydrogen-bond donors (Lipinski definition) is 3. The molecule has 1 aromatic carbocycles. The molecule has 3 aromatic rings. The standard InChI is InChI=1S/C16H15N5O3S/c1-9-10(14(22)21-16-18-5-6-25-16)3-2-4-11(9)20-15(23)12-8-24-13(7-17)19-12/h2-6,8H,7,17H2,1H3,(H,20,23)(H,18,21,22). The Bertz CT molecular complexity index is 904. The van der Waals surface area contributed by atoms with Gasteiger partial charge in [-0.3, -0.25) is 14.9 Å². The fraction of sp³-hybridized carbons (Fsp3) is 0.125. The van der Waals surface area contributed by atoms with Crippen molar-refractivity contribution in [1.82, 2.24) is 9.97 Å². The minimum absolute atomic E-state index is 0.110. The molecular formula is C16H15N5O3S. The molecule has 0 saturated carbocycles. The summed E-state index contributed by atoms with van der Waals surface area (Å²) in [5, 5.41) is 7.72. The number of benzene rings is 1. The molecule has 0 atom stereocenters. The van der Waals surface area contributed by atoms with Gasteiger partial charge in [-0.25, -0.2) is 9.97 Å². The molecule has 0 unspecified atom stereocenters. The number of nitrogens with one attached hydrogen (secondary N) is 2. The van der Waals surface area contributed by atoms with Crippen LogP contribution in [0.25, 0.3) is 0 Å². The molecule has 4 N–H and O–H groups in total. The summed E-state index contributed by atoms with van der Waals surface area (Å²) in [6.07, 6.45) is 2.85. The molecule has 128 valence electrons. The van der Waals surface area contributed by atoms with Crippen LogP contribution in [0.3, 0.4) is 0 Å². The zero-order chi connectivity index (χ0) is 17.8. The van der Waals surface area contributed by atoms with Gasteiger partial charge < -0.3 is 15.5 Å². The fourth-order valence-electron chi connectivity index (χ4n) is 2.16. The second kappa shape index (κ2) is 7.24. The van der Waals surface area contributed by atoms with Gasteiger partial charge in [0, 0.05) is 22.8 Å². The smallest absolute Gasteiger partial charge is 0.277 e. The number of amides is 2. The third-order valence-electron chi connectivity index (χ3n) is 3.44. The minimum atomic E-state index is -0.441. The van der Waals surface area contributed by atoms with E-state index in [1.807, 2.05) is 0 Å². The number of carbonyl (C=O) groups is 2. The van der Waals surface area contributed by atoms with Gasteiger partial charge in [-0.2, -0.15) is 0 Å². The van der Waals surface area contributed by atoms with E-state index in [0.717, 1.165) is 0 Å². The number of nitrogens with two attached hydrogens (primary N) is 1. The summed E-state index contributed by atoms with van der Waals surface area (Å²) in [6, 6.07) is 5.07. The van der Waals surface area contributed by atoms with E-state index in [9.17, 15) is 9.59 Å². The average molecular weight is 357 g/mol. The fourth-order valence-corrected chi connectivity index (χ4v) is 2.69. The first kappa shape index (κ1) is 16.8. The number of nitrogens with zero attached hydrogens (tertiary/aromatic N) is 2. The van der Waals surface area contributed by atoms with E-state index >= 15 is 0 Å². The number of thiazole rings is 1. The summed E-state index contributed by atoms with van der Waals surface area (Å²) >= 11 is 1.33. The summed E-state index contributed by atoms with van der Waals surface area (Å²) in [4.78, 5) is 32.6. The number of aromatic nitrogens is 2. The second-order valence-electron chi connectivity index (χ2n) is 5.05. The highest BCUT2D eigenvalue weighted by atomic mass is 32.1. The van der Waals surface area contributed by atoms with Gasteiger partial charge in [0.05, 0.1) is 6.54 Å². The summed E-state index contributed by atoms with van der Waals surface area (Å²) < 4.78 is 5.06. The Morgan fingerprint density at radius 1 is 1.28 bits per heavy atom. The first-order valence-corrected chi connectivity index (χ1v) is 8.22. The average Bonchev–Trinajstić information content (AvgIpc) is 3.28. The molecule has 0 saturated heterocycles. The Kier molecular flexibility index (Phi) is 4.87. The first-order chi connectivity index (χ1) is 12.1. The Balaban J connectivity index is 1.78. The lowest BCUT2D eigenvalue weighted by Crippen LogP contribution is -2.17. The maximum Gasteiger partial charge on any atom is 0.277 e. The first-order valence-electron chi connectivity index (χ1n) is 7.34. The Morgan fingerprint density at radius 3 is 2.80 bits per heavy atom. The van der Waals surface area contributed by atoms with Crippen LogP contribution >= 0.6 is 11.3 Å². The summed E-state index contributed by atoms with van der Waals surface area (Å²) in [5.41, 5.74) is 7.12. The van der Waals surface area contributed by atoms with Crippen LogP contribution in [0.2, 0.25) is 0 Å². The SMILES string of the molecule is Cc1c(NC(=O)c2coc(CN)n2)cccc1C(=O)Nc1nccs1. The van der Waals surface area contributed by atoms with Crippen molar-refractivity contribution in [1.29, 1.82) is 0 Å². The van der Waals surface area contributed by atoms with Gasteiger partial charge in [0.1, 0.15) is 6.26 Å². The van der Waals surface area contributed by atoms with E-state index in [1.165, 1.54) is 17.6 Å². The number of rotatable bonds is 5. The van der Waals surface area contributed by atoms with Crippen molar-refractivity contribution >= 4 is 34.0 Å². The summed E-state index contributed by atoms with van der Waals surface area (Å²) in [7, 11) is 0. The van der Waals surface area contributed by atoms with Gasteiger partial charge >= 0.3 is 0 Å². The molecule has 25 heavy (non-hydrogen) atoms. The molecule has 0 aliphatic rings. The maximum atomic E-state index is 12.4. The highest BCUT2D eigenvalue weighted by Gasteiger charge is 2.16. The minimum Gasteiger partial charge on any atom is -0.447 e. The normalized spacial score (nSPS) is 10.5. The molecule has 0 spiro atoms. The second-order valence-corrected chi connectivity index (χ2v) is 5.95. The Labute approximate surface area is 147 Å². The van der Waals surface area contributed by atoms with E-state index in [1.54, 1.807) is 36.7 Å². The predicted molar refractivity (Wildman–Crippen MR) is 93.6 cm³/mol. The molecule has 8 nitrogen and oxygen atoms in total. The van der Waals surface area contributed by atoms with Crippen molar-refractivity contribution in [3.63, 3.8) is 0 Å². The zero-order valence-corrected chi connectivity index (χ0v) is 14.1. The van der Waals surface area contributed by atoms with Gasteiger partial charge in [0.25, 0.3) is 11.8 Å². The van der Waals surface area contributed by atoms with Crippen LogP contribution in [0.1, 0.15) is 32.3 Å². The van der Waals surface area contributed by atoms with Crippen LogP contribution in [0.5, 0.6) is 0 Å². The van der Waals surface area contributed by atoms with Crippen LogP contribution in [0.15, 0.2) is 40.5 Å². The topological polar surface area (TPSA) is 123 Å². The van der Waals surface area contributed by atoms with Crippen molar-refractivity contribution in [2.45, 2.75) is 13.5 Å². The summed E-state index contributed by atoms with van der Waals surface area (Å²) in [6.45, 7) is 1.86. The van der Waals surface area contributed by atoms with Crippen molar-refractivity contribution in [2.24, 2.45) is 5.73 Å². The molecule has 9 heteroatoms. The monoisotopic (exact) mass is 357 g/mol. The largest absolute Gasteiger partial charge is 0.447 e. The quantitative estimate of drug-likeness (QED) is 0.644. The van der Waals surface area contributed by atoms with Crippen molar-refractivity contribution in [2.75, 3.05) is 10.6 Å². The molecule has 2 amide bonds. The molecule has 2 heterocycles. The Morgan fingerprint density at radius 2 is 2.12 bits per heavy atom. The lowest BCUT2D eigenvalue weighted by Gasteiger charge is -2.11. The number of hydrogen-bond acceptors (Lipinski definition) is 7. The lowest BCUT2D eigenvalue weighted by molar-refractivity contribution is 0.101. The molecule has 3 rings (SSSR count). The third-order valence-corrected chi connectivity index (χ3v) is 4.13. The van der Waals surface area contributed by atoms with Crippen LogP contribution < -0.4 is 16.4 Å². The van der Waals surface area contributed by atoms with Gasteiger partial charge in [-0.15, -0.1) is 11.3 Å². The zero-order valence-electron chi connectivity index (χ0n) is 13.3. The lowest BCUT2D eigenvalue weighted by atomic mass is 10.1. The Hall–Kier alpha value is -3.04. The van der Waals surface area contributed by atoms with E-state index < -0.39 is 5.91 Å². The molecule has 0 aliphatic carbocycles. The van der Waals surface area contributed by atoms with Crippen LogP contribution in [0, 0.1) is 6.92 Å². The van der Waals surface area contributed by atoms with Gasteiger partial charge in [-0.05, 0) is 24.6 Å². The molecule has 0 bridgehead atoms. The maximum absolute atomic E-state index is 12.4. The third kappa shape index (κ3) is 3.73.